The van der Waals surface area contributed by atoms with Gasteiger partial charge in [-0.25, -0.2) is 4.39 Å². The van der Waals surface area contributed by atoms with E-state index in [-0.39, 0.29) is 11.7 Å². The molecule has 5 heteroatoms. The van der Waals surface area contributed by atoms with Crippen molar-refractivity contribution >= 4 is 17.3 Å². The third-order valence-corrected chi connectivity index (χ3v) is 6.22. The van der Waals surface area contributed by atoms with Crippen molar-refractivity contribution in [3.8, 4) is 0 Å². The number of nitrogens with one attached hydrogen (secondary N) is 2. The number of pyridine rings is 1. The minimum absolute atomic E-state index is 0.0159. The van der Waals surface area contributed by atoms with Gasteiger partial charge in [0.05, 0.1) is 22.5 Å². The quantitative estimate of drug-likeness (QED) is 0.878. The first-order valence-electron chi connectivity index (χ1n) is 9.40. The number of aromatic nitrogens is 1. The second-order valence-corrected chi connectivity index (χ2v) is 8.12. The highest BCUT2D eigenvalue weighted by atomic mass is 19.1. The first kappa shape index (κ1) is 15.8. The molecule has 2 N–H and O–H groups in total. The molecule has 0 unspecified atom stereocenters. The predicted molar refractivity (Wildman–Crippen MR) is 98.7 cm³/mol. The van der Waals surface area contributed by atoms with Crippen LogP contribution in [0.3, 0.4) is 0 Å². The van der Waals surface area contributed by atoms with Gasteiger partial charge in [-0.05, 0) is 80.3 Å². The molecular formula is C21H22FN3O. The second kappa shape index (κ2) is 5.53. The zero-order valence-corrected chi connectivity index (χ0v) is 14.6. The van der Waals surface area contributed by atoms with E-state index in [0.29, 0.717) is 11.1 Å². The van der Waals surface area contributed by atoms with Crippen LogP contribution in [0.2, 0.25) is 0 Å². The van der Waals surface area contributed by atoms with Crippen LogP contribution in [0, 0.1) is 11.2 Å². The first-order valence-corrected chi connectivity index (χ1v) is 9.40. The monoisotopic (exact) mass is 351 g/mol. The largest absolute Gasteiger partial charge is 0.384 e. The standard InChI is InChI=1S/C21H22FN3O/c22-14-3-5-15(6-4-14)24-19(26)21(12-20(13-21)9-10-20)18-8-7-16-17(25-18)2-1-11-23-16/h3-8,23H,1-2,9-13H2,(H,24,26). The molecule has 1 aromatic heterocycles. The lowest BCUT2D eigenvalue weighted by Gasteiger charge is -2.47. The number of nitrogens with zero attached hydrogens (tertiary/aromatic N) is 1. The van der Waals surface area contributed by atoms with Gasteiger partial charge in [-0.2, -0.15) is 0 Å². The number of carbonyl (C=O) groups excluding carboxylic acids is 1. The van der Waals surface area contributed by atoms with Crippen LogP contribution in [0.1, 0.15) is 43.5 Å². The van der Waals surface area contributed by atoms with Gasteiger partial charge in [0, 0.05) is 12.2 Å². The highest BCUT2D eigenvalue weighted by Gasteiger charge is 2.65. The zero-order chi connectivity index (χ0) is 17.8. The van der Waals surface area contributed by atoms with Crippen molar-refractivity contribution in [3.63, 3.8) is 0 Å². The van der Waals surface area contributed by atoms with Crippen LogP contribution >= 0.6 is 0 Å². The Morgan fingerprint density at radius 1 is 1.12 bits per heavy atom. The maximum atomic E-state index is 13.2. The fourth-order valence-electron chi connectivity index (χ4n) is 4.60. The normalized spacial score (nSPS) is 21.3. The lowest BCUT2D eigenvalue weighted by Crippen LogP contribution is -2.52. The van der Waals surface area contributed by atoms with Crippen LogP contribution in [0.4, 0.5) is 15.8 Å². The van der Waals surface area contributed by atoms with Crippen LogP contribution in [-0.4, -0.2) is 17.4 Å². The van der Waals surface area contributed by atoms with Crippen LogP contribution in [0.25, 0.3) is 0 Å². The van der Waals surface area contributed by atoms with E-state index >= 15 is 0 Å². The summed E-state index contributed by atoms with van der Waals surface area (Å²) in [6.07, 6.45) is 6.19. The highest BCUT2D eigenvalue weighted by molar-refractivity contribution is 6.00. The van der Waals surface area contributed by atoms with Gasteiger partial charge in [-0.1, -0.05) is 0 Å². The van der Waals surface area contributed by atoms with Crippen LogP contribution < -0.4 is 10.6 Å². The predicted octanol–water partition coefficient (Wildman–Crippen LogP) is 4.03. The van der Waals surface area contributed by atoms with E-state index in [9.17, 15) is 9.18 Å². The number of amides is 1. The molecule has 1 amide bonds. The molecule has 1 aliphatic heterocycles. The zero-order valence-electron chi connectivity index (χ0n) is 14.6. The Labute approximate surface area is 152 Å². The molecule has 0 bridgehead atoms. The minimum atomic E-state index is -0.558. The van der Waals surface area contributed by atoms with Crippen molar-refractivity contribution in [1.29, 1.82) is 0 Å². The van der Waals surface area contributed by atoms with Gasteiger partial charge in [0.15, 0.2) is 0 Å². The molecule has 1 spiro atoms. The smallest absolute Gasteiger partial charge is 0.236 e. The van der Waals surface area contributed by atoms with E-state index in [1.807, 2.05) is 6.07 Å². The molecule has 134 valence electrons. The summed E-state index contributed by atoms with van der Waals surface area (Å²) in [5.74, 6) is -0.319. The van der Waals surface area contributed by atoms with Crippen molar-refractivity contribution in [1.82, 2.24) is 4.98 Å². The van der Waals surface area contributed by atoms with Gasteiger partial charge >= 0.3 is 0 Å². The van der Waals surface area contributed by atoms with E-state index < -0.39 is 5.41 Å². The minimum Gasteiger partial charge on any atom is -0.384 e. The second-order valence-electron chi connectivity index (χ2n) is 8.12. The van der Waals surface area contributed by atoms with Crippen molar-refractivity contribution in [2.24, 2.45) is 5.41 Å². The molecule has 0 radical (unpaired) electrons. The van der Waals surface area contributed by atoms with Gasteiger partial charge in [0.25, 0.3) is 0 Å². The summed E-state index contributed by atoms with van der Waals surface area (Å²) >= 11 is 0. The summed E-state index contributed by atoms with van der Waals surface area (Å²) < 4.78 is 13.1. The number of anilines is 2. The molecule has 2 fully saturated rings. The third-order valence-electron chi connectivity index (χ3n) is 6.22. The molecule has 0 saturated heterocycles. The summed E-state index contributed by atoms with van der Waals surface area (Å²) in [7, 11) is 0. The maximum Gasteiger partial charge on any atom is 0.236 e. The number of carbonyl (C=O) groups is 1. The van der Waals surface area contributed by atoms with Crippen LogP contribution in [0.15, 0.2) is 36.4 Å². The Morgan fingerprint density at radius 3 is 2.62 bits per heavy atom. The highest BCUT2D eigenvalue weighted by Crippen LogP contribution is 2.69. The number of fused-ring (bicyclic) bond motifs is 1. The van der Waals surface area contributed by atoms with E-state index in [1.165, 1.54) is 25.0 Å². The third kappa shape index (κ3) is 2.49. The van der Waals surface area contributed by atoms with Gasteiger partial charge in [-0.3, -0.25) is 9.78 Å². The number of halogens is 1. The molecular weight excluding hydrogens is 329 g/mol. The average Bonchev–Trinajstić information content (AvgIpc) is 3.42. The van der Waals surface area contributed by atoms with E-state index in [4.69, 9.17) is 4.98 Å². The molecule has 1 aromatic carbocycles. The molecule has 4 nitrogen and oxygen atoms in total. The van der Waals surface area contributed by atoms with E-state index in [2.05, 4.69) is 16.7 Å². The lowest BCUT2D eigenvalue weighted by molar-refractivity contribution is -0.127. The molecule has 5 rings (SSSR count). The molecule has 0 atom stereocenters. The van der Waals surface area contributed by atoms with E-state index in [1.54, 1.807) is 12.1 Å². The van der Waals surface area contributed by atoms with Crippen molar-refractivity contribution < 1.29 is 9.18 Å². The molecule has 3 aliphatic rings. The van der Waals surface area contributed by atoms with Gasteiger partial charge in [0.2, 0.25) is 5.91 Å². The number of rotatable bonds is 3. The maximum absolute atomic E-state index is 13.2. The van der Waals surface area contributed by atoms with E-state index in [0.717, 1.165) is 49.3 Å². The SMILES string of the molecule is O=C(Nc1ccc(F)cc1)C1(c2ccc3c(n2)CCCN3)CC2(CC2)C1. The summed E-state index contributed by atoms with van der Waals surface area (Å²) in [6, 6.07) is 10.0. The molecule has 2 saturated carbocycles. The van der Waals surface area contributed by atoms with Gasteiger partial charge < -0.3 is 10.6 Å². The summed E-state index contributed by atoms with van der Waals surface area (Å²) in [4.78, 5) is 18.1. The Morgan fingerprint density at radius 2 is 1.88 bits per heavy atom. The fraction of sp³-hybridized carbons (Fsp3) is 0.429. The molecule has 26 heavy (non-hydrogen) atoms. The molecule has 2 aromatic rings. The molecule has 2 heterocycles. The summed E-state index contributed by atoms with van der Waals surface area (Å²) in [5, 5.41) is 6.38. The topological polar surface area (TPSA) is 54.0 Å². The number of aryl methyl sites for hydroxylation is 1. The van der Waals surface area contributed by atoms with Crippen molar-refractivity contribution in [2.45, 2.75) is 43.9 Å². The Hall–Kier alpha value is -2.43. The summed E-state index contributed by atoms with van der Waals surface area (Å²) in [5.41, 5.74) is 3.48. The van der Waals surface area contributed by atoms with Gasteiger partial charge in [0.1, 0.15) is 5.82 Å². The number of hydrogen-bond acceptors (Lipinski definition) is 3. The Balaban J connectivity index is 1.46. The number of hydrogen-bond donors (Lipinski definition) is 2. The summed E-state index contributed by atoms with van der Waals surface area (Å²) in [6.45, 7) is 0.979. The van der Waals surface area contributed by atoms with Crippen LogP contribution in [-0.2, 0) is 16.6 Å². The van der Waals surface area contributed by atoms with Crippen molar-refractivity contribution in [3.05, 3.63) is 53.6 Å². The first-order chi connectivity index (χ1) is 12.6. The van der Waals surface area contributed by atoms with Crippen molar-refractivity contribution in [2.75, 3.05) is 17.2 Å². The van der Waals surface area contributed by atoms with Crippen LogP contribution in [0.5, 0.6) is 0 Å². The average molecular weight is 351 g/mol. The Bertz CT molecular complexity index is 865. The Kier molecular flexibility index (Phi) is 3.36. The molecule has 2 aliphatic carbocycles. The van der Waals surface area contributed by atoms with Gasteiger partial charge in [-0.15, -0.1) is 0 Å². The lowest BCUT2D eigenvalue weighted by atomic mass is 9.57. The number of benzene rings is 1. The fourth-order valence-corrected chi connectivity index (χ4v) is 4.60.